The molecule has 0 saturated heterocycles. The summed E-state index contributed by atoms with van der Waals surface area (Å²) < 4.78 is 34.2. The third kappa shape index (κ3) is 3.90. The number of ether oxygens (including phenoxy) is 1. The average Bonchev–Trinajstić information content (AvgIpc) is 3.01. The summed E-state index contributed by atoms with van der Waals surface area (Å²) in [5, 5.41) is 15.1. The molecule has 3 rings (SSSR count). The molecule has 0 fully saturated rings. The number of nitrogens with zero attached hydrogens (tertiary/aromatic N) is 3. The number of rotatable bonds is 6. The second kappa shape index (κ2) is 7.08. The molecule has 3 aromatic rings. The van der Waals surface area contributed by atoms with Gasteiger partial charge in [0, 0.05) is 18.2 Å². The van der Waals surface area contributed by atoms with Gasteiger partial charge in [-0.25, -0.2) is 13.1 Å². The van der Waals surface area contributed by atoms with Crippen molar-refractivity contribution in [3.8, 4) is 11.4 Å². The number of methoxy groups -OCH3 is 1. The fraction of sp³-hybridized carbons (Fsp3) is 0.118. The maximum absolute atomic E-state index is 12.7. The van der Waals surface area contributed by atoms with Crippen LogP contribution in [0.25, 0.3) is 5.69 Å². The molecule has 0 aliphatic carbocycles. The fourth-order valence-electron chi connectivity index (χ4n) is 2.44. The van der Waals surface area contributed by atoms with Gasteiger partial charge in [0.1, 0.15) is 11.6 Å². The number of hydrogen-bond acceptors (Lipinski definition) is 6. The van der Waals surface area contributed by atoms with E-state index < -0.39 is 14.9 Å². The van der Waals surface area contributed by atoms with Gasteiger partial charge >= 0.3 is 0 Å². The zero-order valence-electron chi connectivity index (χ0n) is 14.5. The molecule has 0 bridgehead atoms. The molecule has 0 aliphatic rings. The summed E-state index contributed by atoms with van der Waals surface area (Å²) in [5.74, 6) is 0.762. The van der Waals surface area contributed by atoms with Crippen LogP contribution in [0, 0.1) is 17.0 Å². The van der Waals surface area contributed by atoms with Gasteiger partial charge in [-0.05, 0) is 43.3 Å². The van der Waals surface area contributed by atoms with Crippen molar-refractivity contribution in [3.63, 3.8) is 0 Å². The molecule has 1 N–H and O–H groups in total. The van der Waals surface area contributed by atoms with E-state index in [1.54, 1.807) is 25.1 Å². The Morgan fingerprint density at radius 1 is 1.11 bits per heavy atom. The van der Waals surface area contributed by atoms with Crippen LogP contribution in [0.2, 0.25) is 0 Å². The van der Waals surface area contributed by atoms with Crippen molar-refractivity contribution in [2.24, 2.45) is 0 Å². The minimum atomic E-state index is -3.85. The predicted octanol–water partition coefficient (Wildman–Crippen LogP) is 2.90. The Balaban J connectivity index is 1.94. The Morgan fingerprint density at radius 2 is 1.74 bits per heavy atom. The smallest absolute Gasteiger partial charge is 0.269 e. The molecular weight excluding hydrogens is 372 g/mol. The first-order valence-electron chi connectivity index (χ1n) is 7.78. The highest BCUT2D eigenvalue weighted by Gasteiger charge is 2.18. The molecule has 2 aromatic carbocycles. The first kappa shape index (κ1) is 18.4. The number of anilines is 1. The summed E-state index contributed by atoms with van der Waals surface area (Å²) in [6.07, 6.45) is 0. The first-order chi connectivity index (χ1) is 12.8. The molecule has 0 aliphatic heterocycles. The van der Waals surface area contributed by atoms with Crippen molar-refractivity contribution < 1.29 is 18.1 Å². The van der Waals surface area contributed by atoms with Crippen LogP contribution in [0.5, 0.6) is 5.75 Å². The van der Waals surface area contributed by atoms with E-state index in [1.807, 2.05) is 0 Å². The molecule has 1 heterocycles. The van der Waals surface area contributed by atoms with Gasteiger partial charge in [-0.2, -0.15) is 5.10 Å². The SMILES string of the molecule is COc1ccc(S(=O)(=O)Nc2cc(C)nn2-c2ccc([N+](=O)[O-])cc2)cc1. The van der Waals surface area contributed by atoms with Crippen molar-refractivity contribution in [1.82, 2.24) is 9.78 Å². The summed E-state index contributed by atoms with van der Waals surface area (Å²) in [4.78, 5) is 10.4. The molecular formula is C17H16N4O5S. The van der Waals surface area contributed by atoms with Crippen molar-refractivity contribution in [1.29, 1.82) is 0 Å². The summed E-state index contributed by atoms with van der Waals surface area (Å²) in [5.41, 5.74) is 1.00. The topological polar surface area (TPSA) is 116 Å². The number of hydrogen-bond donors (Lipinski definition) is 1. The van der Waals surface area contributed by atoms with Crippen molar-refractivity contribution in [2.75, 3.05) is 11.8 Å². The first-order valence-corrected chi connectivity index (χ1v) is 9.27. The Hall–Kier alpha value is -3.40. The van der Waals surface area contributed by atoms with Crippen molar-refractivity contribution in [3.05, 3.63) is 70.4 Å². The lowest BCUT2D eigenvalue weighted by molar-refractivity contribution is -0.384. The zero-order valence-corrected chi connectivity index (χ0v) is 15.3. The lowest BCUT2D eigenvalue weighted by Crippen LogP contribution is -2.15. The molecule has 9 nitrogen and oxygen atoms in total. The minimum Gasteiger partial charge on any atom is -0.497 e. The predicted molar refractivity (Wildman–Crippen MR) is 98.8 cm³/mol. The average molecular weight is 388 g/mol. The molecule has 140 valence electrons. The minimum absolute atomic E-state index is 0.0667. The molecule has 1 aromatic heterocycles. The second-order valence-corrected chi connectivity index (χ2v) is 7.32. The number of non-ortho nitro benzene ring substituents is 1. The van der Waals surface area contributed by atoms with E-state index in [9.17, 15) is 18.5 Å². The van der Waals surface area contributed by atoms with Gasteiger partial charge in [-0.1, -0.05) is 0 Å². The van der Waals surface area contributed by atoms with E-state index in [2.05, 4.69) is 9.82 Å². The van der Waals surface area contributed by atoms with Crippen molar-refractivity contribution in [2.45, 2.75) is 11.8 Å². The van der Waals surface area contributed by atoms with Crippen LogP contribution in [0.1, 0.15) is 5.69 Å². The van der Waals surface area contributed by atoms with E-state index in [1.165, 1.54) is 48.2 Å². The second-order valence-electron chi connectivity index (χ2n) is 5.64. The number of sulfonamides is 1. The summed E-state index contributed by atoms with van der Waals surface area (Å²) in [7, 11) is -2.36. The largest absolute Gasteiger partial charge is 0.497 e. The zero-order chi connectivity index (χ0) is 19.6. The van der Waals surface area contributed by atoms with Crippen molar-refractivity contribution >= 4 is 21.5 Å². The van der Waals surface area contributed by atoms with Gasteiger partial charge in [0.25, 0.3) is 15.7 Å². The van der Waals surface area contributed by atoms with Gasteiger partial charge < -0.3 is 4.74 Å². The van der Waals surface area contributed by atoms with E-state index in [0.717, 1.165) is 0 Å². The van der Waals surface area contributed by atoms with Crippen LogP contribution >= 0.6 is 0 Å². The molecule has 27 heavy (non-hydrogen) atoms. The highest BCUT2D eigenvalue weighted by atomic mass is 32.2. The molecule has 0 unspecified atom stereocenters. The summed E-state index contributed by atoms with van der Waals surface area (Å²) in [6, 6.07) is 13.2. The van der Waals surface area contributed by atoms with Gasteiger partial charge in [0.2, 0.25) is 0 Å². The molecule has 0 saturated carbocycles. The highest BCUT2D eigenvalue weighted by Crippen LogP contribution is 2.23. The number of nitro benzene ring substituents is 1. The van der Waals surface area contributed by atoms with Crippen LogP contribution in [0.15, 0.2) is 59.5 Å². The Kier molecular flexibility index (Phi) is 4.82. The molecule has 0 spiro atoms. The van der Waals surface area contributed by atoms with Crippen LogP contribution in [0.3, 0.4) is 0 Å². The van der Waals surface area contributed by atoms with E-state index in [-0.39, 0.29) is 16.4 Å². The van der Waals surface area contributed by atoms with Gasteiger partial charge in [0.15, 0.2) is 0 Å². The fourth-order valence-corrected chi connectivity index (χ4v) is 3.47. The lowest BCUT2D eigenvalue weighted by Gasteiger charge is -2.11. The third-order valence-corrected chi connectivity index (χ3v) is 5.12. The lowest BCUT2D eigenvalue weighted by atomic mass is 10.3. The molecule has 0 radical (unpaired) electrons. The molecule has 10 heteroatoms. The van der Waals surface area contributed by atoms with E-state index in [0.29, 0.717) is 17.1 Å². The standard InChI is InChI=1S/C17H16N4O5S/c1-12-11-17(19-27(24,25)16-9-7-15(26-2)8-10-16)20(18-12)13-3-5-14(6-4-13)21(22)23/h3-11,19H,1-2H3. The van der Waals surface area contributed by atoms with Crippen LogP contribution in [-0.2, 0) is 10.0 Å². The summed E-state index contributed by atoms with van der Waals surface area (Å²) in [6.45, 7) is 1.72. The van der Waals surface area contributed by atoms with Gasteiger partial charge in [-0.15, -0.1) is 0 Å². The highest BCUT2D eigenvalue weighted by molar-refractivity contribution is 7.92. The van der Waals surface area contributed by atoms with E-state index in [4.69, 9.17) is 4.74 Å². The molecule has 0 amide bonds. The van der Waals surface area contributed by atoms with Crippen LogP contribution in [0.4, 0.5) is 11.5 Å². The maximum Gasteiger partial charge on any atom is 0.269 e. The van der Waals surface area contributed by atoms with Crippen LogP contribution in [-0.4, -0.2) is 30.2 Å². The maximum atomic E-state index is 12.7. The Bertz CT molecular complexity index is 1070. The summed E-state index contributed by atoms with van der Waals surface area (Å²) >= 11 is 0. The number of benzene rings is 2. The number of nitrogens with one attached hydrogen (secondary N) is 1. The monoisotopic (exact) mass is 388 g/mol. The van der Waals surface area contributed by atoms with Gasteiger partial charge in [0.05, 0.1) is 28.3 Å². The Labute approximate surface area is 155 Å². The van der Waals surface area contributed by atoms with Crippen LogP contribution < -0.4 is 9.46 Å². The third-order valence-electron chi connectivity index (χ3n) is 3.75. The normalized spacial score (nSPS) is 11.2. The molecule has 0 atom stereocenters. The van der Waals surface area contributed by atoms with E-state index >= 15 is 0 Å². The quantitative estimate of drug-likeness (QED) is 0.513. The Morgan fingerprint density at radius 3 is 2.30 bits per heavy atom. The number of aromatic nitrogens is 2. The number of aryl methyl sites for hydroxylation is 1. The number of nitro groups is 1. The van der Waals surface area contributed by atoms with Gasteiger partial charge in [-0.3, -0.25) is 14.8 Å².